The van der Waals surface area contributed by atoms with Gasteiger partial charge < -0.3 is 179 Å². The van der Waals surface area contributed by atoms with Gasteiger partial charge in [-0.05, 0) is 0 Å². The normalized spacial score (nSPS) is 50.3. The number of aliphatic hydroxyl groups excluding tert-OH is 21. The number of rotatable bonds is 21. The van der Waals surface area contributed by atoms with Crippen molar-refractivity contribution in [3.8, 4) is 0 Å². The zero-order valence-electron chi connectivity index (χ0n) is 44.7. The summed E-state index contributed by atoms with van der Waals surface area (Å²) < 4.78 is 74.3. The summed E-state index contributed by atoms with van der Waals surface area (Å²) in [6.07, 6.45) is -65.1. The fourth-order valence-corrected chi connectivity index (χ4v) is 10.6. The first-order valence-electron chi connectivity index (χ1n) is 26.6. The molecule has 0 spiro atoms. The van der Waals surface area contributed by atoms with Gasteiger partial charge in [0.1, 0.15) is 171 Å². The number of aliphatic hydroxyl groups is 21. The van der Waals surface area contributed by atoms with E-state index in [2.05, 4.69) is 10.6 Å². The van der Waals surface area contributed by atoms with Crippen molar-refractivity contribution in [3.05, 3.63) is 0 Å². The van der Waals surface area contributed by atoms with Gasteiger partial charge in [-0.25, -0.2) is 0 Å². The van der Waals surface area contributed by atoms with Crippen LogP contribution in [0.1, 0.15) is 13.8 Å². The highest BCUT2D eigenvalue weighted by atomic mass is 16.8. The van der Waals surface area contributed by atoms with Crippen LogP contribution in [0, 0.1) is 0 Å². The second-order valence-corrected chi connectivity index (χ2v) is 21.1. The van der Waals surface area contributed by atoms with Crippen molar-refractivity contribution in [1.82, 2.24) is 10.6 Å². The third-order valence-electron chi connectivity index (χ3n) is 15.3. The van der Waals surface area contributed by atoms with Crippen LogP contribution in [0.5, 0.6) is 0 Å². The minimum atomic E-state index is -2.34. The van der Waals surface area contributed by atoms with Crippen LogP contribution in [-0.4, -0.2) is 380 Å². The fourth-order valence-electron chi connectivity index (χ4n) is 10.6. The summed E-state index contributed by atoms with van der Waals surface area (Å²) >= 11 is 0. The summed E-state index contributed by atoms with van der Waals surface area (Å²) in [5, 5.41) is 231. The van der Waals surface area contributed by atoms with Gasteiger partial charge in [0.2, 0.25) is 11.8 Å². The number of carbonyl (C=O) groups excluding carboxylic acids is 2. The molecule has 7 aliphatic rings. The van der Waals surface area contributed by atoms with Crippen molar-refractivity contribution in [2.24, 2.45) is 0 Å². The van der Waals surface area contributed by atoms with E-state index in [0.29, 0.717) is 0 Å². The van der Waals surface area contributed by atoms with Crippen LogP contribution in [0.4, 0.5) is 0 Å². The molecule has 0 saturated carbocycles. The molecule has 38 heteroatoms. The molecule has 2 amide bonds. The van der Waals surface area contributed by atoms with Gasteiger partial charge in [-0.3, -0.25) is 9.59 Å². The Bertz CT molecular complexity index is 2060. The van der Waals surface area contributed by atoms with Crippen LogP contribution < -0.4 is 10.6 Å². The monoisotopic (exact) mass is 1230 g/mol. The van der Waals surface area contributed by atoms with E-state index in [4.69, 9.17) is 61.6 Å². The summed E-state index contributed by atoms with van der Waals surface area (Å²) in [6.45, 7) is -4.78. The third kappa shape index (κ3) is 14.9. The van der Waals surface area contributed by atoms with Gasteiger partial charge in [-0.15, -0.1) is 0 Å². The molecule has 35 atom stereocenters. The molecule has 7 saturated heterocycles. The van der Waals surface area contributed by atoms with Crippen molar-refractivity contribution in [2.45, 2.75) is 229 Å². The van der Waals surface area contributed by atoms with E-state index in [0.717, 1.165) is 13.8 Å². The van der Waals surface area contributed by atoms with Crippen LogP contribution >= 0.6 is 0 Å². The minimum absolute atomic E-state index is 0.738. The predicted molar refractivity (Wildman–Crippen MR) is 255 cm³/mol. The Labute approximate surface area is 475 Å². The summed E-state index contributed by atoms with van der Waals surface area (Å²) in [7, 11) is 0. The Morgan fingerprint density at radius 1 is 0.310 bits per heavy atom. The first-order chi connectivity index (χ1) is 39.7. The van der Waals surface area contributed by atoms with Gasteiger partial charge in [0.25, 0.3) is 0 Å². The van der Waals surface area contributed by atoms with E-state index >= 15 is 0 Å². The molecule has 0 radical (unpaired) electrons. The summed E-state index contributed by atoms with van der Waals surface area (Å²) in [5.41, 5.74) is 0. The SMILES string of the molecule is CC(=O)N[C@H]1C(O)O[C@H](CO)[C@@H](OC2O[C@H](CO)[C@@H](OC3O[C@H](COC4O[C@H](COC5O[C@H](CO)[C@@H](O)[C@H](O)[C@@H]5O)[C@@H](O)[C@H](OC5O[C@H](CO)[C@@H](O)[C@H](O)[C@@H]5O)[C@@H]4O)[C@@H](O)[C@H](OC4O[C@H](CO)[C@@H](O)[C@H](O)[C@@H]4O)[C@@H]3O)[C@H](O)[C@H]2NC(C)=O)[C@@H]1O. The summed E-state index contributed by atoms with van der Waals surface area (Å²) in [4.78, 5) is 24.6. The number of hydrogen-bond donors (Lipinski definition) is 23. The first-order valence-corrected chi connectivity index (χ1v) is 26.6. The molecule has 7 rings (SSSR count). The largest absolute Gasteiger partial charge is 0.394 e. The van der Waals surface area contributed by atoms with Crippen LogP contribution in [0.3, 0.4) is 0 Å². The van der Waals surface area contributed by atoms with Crippen LogP contribution in [0.15, 0.2) is 0 Å². The Balaban J connectivity index is 1.17. The van der Waals surface area contributed by atoms with Crippen molar-refractivity contribution >= 4 is 11.8 Å². The lowest BCUT2D eigenvalue weighted by Crippen LogP contribution is -2.70. The first kappa shape index (κ1) is 69.1. The molecule has 0 aromatic rings. The number of carbonyl (C=O) groups is 2. The van der Waals surface area contributed by atoms with E-state index in [1.807, 2.05) is 0 Å². The van der Waals surface area contributed by atoms with Gasteiger partial charge in [-0.1, -0.05) is 0 Å². The van der Waals surface area contributed by atoms with Gasteiger partial charge >= 0.3 is 0 Å². The highest BCUT2D eigenvalue weighted by Gasteiger charge is 2.58. The predicted octanol–water partition coefficient (Wildman–Crippen LogP) is -16.0. The number of amides is 2. The lowest BCUT2D eigenvalue weighted by molar-refractivity contribution is -0.387. The molecule has 7 heterocycles. The molecule has 488 valence electrons. The maximum Gasteiger partial charge on any atom is 0.217 e. The Hall–Kier alpha value is -2.42. The average Bonchev–Trinajstić information content (AvgIpc) is 1.52. The average molecular weight is 1240 g/mol. The van der Waals surface area contributed by atoms with Crippen molar-refractivity contribution < 1.29 is 178 Å². The van der Waals surface area contributed by atoms with E-state index < -0.39 is 273 Å². The maximum absolute atomic E-state index is 12.7. The van der Waals surface area contributed by atoms with Crippen molar-refractivity contribution in [2.75, 3.05) is 46.2 Å². The molecule has 0 aromatic heterocycles. The van der Waals surface area contributed by atoms with Crippen LogP contribution in [-0.2, 0) is 71.2 Å². The second-order valence-electron chi connectivity index (χ2n) is 21.1. The highest BCUT2D eigenvalue weighted by Crippen LogP contribution is 2.37. The molecule has 0 bridgehead atoms. The van der Waals surface area contributed by atoms with E-state index in [1.165, 1.54) is 0 Å². The molecule has 23 N–H and O–H groups in total. The van der Waals surface area contributed by atoms with E-state index in [-0.39, 0.29) is 0 Å². The summed E-state index contributed by atoms with van der Waals surface area (Å²) in [6, 6.07) is -3.37. The molecule has 84 heavy (non-hydrogen) atoms. The molecular weight excluding hydrogens is 1160 g/mol. The molecule has 7 fully saturated rings. The summed E-state index contributed by atoms with van der Waals surface area (Å²) in [5.74, 6) is -1.61. The Morgan fingerprint density at radius 2 is 0.607 bits per heavy atom. The number of ether oxygens (including phenoxy) is 13. The fraction of sp³-hybridized carbons (Fsp3) is 0.957. The minimum Gasteiger partial charge on any atom is -0.394 e. The maximum atomic E-state index is 12.7. The second kappa shape index (κ2) is 29.9. The lowest BCUT2D eigenvalue weighted by Gasteiger charge is -2.50. The molecule has 7 aliphatic heterocycles. The Kier molecular flexibility index (Phi) is 24.6. The van der Waals surface area contributed by atoms with Crippen molar-refractivity contribution in [3.63, 3.8) is 0 Å². The van der Waals surface area contributed by atoms with Gasteiger partial charge in [-0.2, -0.15) is 0 Å². The topological polar surface area (TPSA) is 603 Å². The number of nitrogens with one attached hydrogen (secondary N) is 2. The quantitative estimate of drug-likeness (QED) is 0.0507. The molecule has 7 unspecified atom stereocenters. The zero-order chi connectivity index (χ0) is 61.9. The molecular formula is C46H78N2O36. The lowest BCUT2D eigenvalue weighted by atomic mass is 9.94. The van der Waals surface area contributed by atoms with Gasteiger partial charge in [0.05, 0.1) is 46.2 Å². The van der Waals surface area contributed by atoms with Crippen molar-refractivity contribution in [1.29, 1.82) is 0 Å². The Morgan fingerprint density at radius 3 is 1.04 bits per heavy atom. The van der Waals surface area contributed by atoms with Gasteiger partial charge in [0.15, 0.2) is 44.0 Å². The zero-order valence-corrected chi connectivity index (χ0v) is 44.7. The van der Waals surface area contributed by atoms with E-state index in [1.54, 1.807) is 0 Å². The molecule has 0 aliphatic carbocycles. The highest BCUT2D eigenvalue weighted by molar-refractivity contribution is 5.73. The molecule has 0 aromatic carbocycles. The van der Waals surface area contributed by atoms with Crippen LogP contribution in [0.25, 0.3) is 0 Å². The van der Waals surface area contributed by atoms with Gasteiger partial charge in [0, 0.05) is 13.8 Å². The molecule has 38 nitrogen and oxygen atoms in total. The van der Waals surface area contributed by atoms with Crippen LogP contribution in [0.2, 0.25) is 0 Å². The smallest absolute Gasteiger partial charge is 0.217 e. The van der Waals surface area contributed by atoms with E-state index in [9.17, 15) is 117 Å². The standard InChI is InChI=1S/C46H78N2O36/c1-10(54)47-19-26(61)36(15(6-52)74-40(19)71)81-41-20(48-11(2)55)27(62)37(16(7-53)78-41)82-46-35(70)39(84-45-33(68)30(65)23(58)14(5-51)77-45)25(60)18(80-46)9-73-43-34(69)38(83-44-32(67)29(64)22(57)13(4-50)76-44)24(59)17(79-43)8-72-42-31(66)28(63)21(56)12(3-49)75-42/h12-46,49-53,56-71H,3-9H2,1-2H3,(H,47,54)(H,48,55)/t12-,13-,14-,15-,16-,17-,18-,19-,20-,21-,22-,23-,24-,25-,26-,27-,28+,29+,30+,31+,32+,33+,34+,35+,36-,37-,38+,39+,40?,41?,42?,43?,44?,45?,46?/m1/s1. The third-order valence-corrected chi connectivity index (χ3v) is 15.3. The number of hydrogen-bond acceptors (Lipinski definition) is 36.